The monoisotopic (exact) mass is 361 g/mol. The number of nitrogens with zero attached hydrogens (tertiary/aromatic N) is 2. The Morgan fingerprint density at radius 2 is 2.11 bits per heavy atom. The van der Waals surface area contributed by atoms with Crippen LogP contribution in [0.1, 0.15) is 36.9 Å². The fourth-order valence-electron chi connectivity index (χ4n) is 4.49. The maximum absolute atomic E-state index is 12.5. The van der Waals surface area contributed by atoms with Crippen molar-refractivity contribution in [3.8, 4) is 17.2 Å². The van der Waals surface area contributed by atoms with Crippen molar-refractivity contribution in [1.29, 1.82) is 5.26 Å². The van der Waals surface area contributed by atoms with Gasteiger partial charge in [-0.25, -0.2) is 0 Å². The highest BCUT2D eigenvalue weighted by molar-refractivity contribution is 5.78. The van der Waals surface area contributed by atoms with Crippen LogP contribution in [-0.4, -0.2) is 35.1 Å². The highest BCUT2D eigenvalue weighted by atomic mass is 16.3. The van der Waals surface area contributed by atoms with Gasteiger partial charge in [-0.15, -0.1) is 0 Å². The van der Waals surface area contributed by atoms with Crippen LogP contribution in [0.2, 0.25) is 0 Å². The third-order valence-corrected chi connectivity index (χ3v) is 5.82. The summed E-state index contributed by atoms with van der Waals surface area (Å²) in [5, 5.41) is 22.5. The largest absolute Gasteiger partial charge is 0.394 e. The molecule has 2 aromatic carbocycles. The molecular formula is C22H23N3O2. The minimum atomic E-state index is -0.0371. The molecule has 0 aromatic heterocycles. The first-order chi connectivity index (χ1) is 13.2. The van der Waals surface area contributed by atoms with Crippen LogP contribution in [0.15, 0.2) is 42.5 Å². The molecule has 2 aliphatic heterocycles. The van der Waals surface area contributed by atoms with Gasteiger partial charge in [0.05, 0.1) is 30.3 Å². The molecule has 1 saturated heterocycles. The highest BCUT2D eigenvalue weighted by Crippen LogP contribution is 2.47. The number of carbonyl (C=O) groups is 1. The lowest BCUT2D eigenvalue weighted by Crippen LogP contribution is -2.42. The second-order valence-corrected chi connectivity index (χ2v) is 7.27. The molecule has 4 rings (SSSR count). The summed E-state index contributed by atoms with van der Waals surface area (Å²) in [5.74, 6) is 0.364. The summed E-state index contributed by atoms with van der Waals surface area (Å²) in [7, 11) is 0. The Kier molecular flexibility index (Phi) is 4.59. The molecule has 27 heavy (non-hydrogen) atoms. The second kappa shape index (κ2) is 7.05. The van der Waals surface area contributed by atoms with Gasteiger partial charge in [0.15, 0.2) is 0 Å². The maximum Gasteiger partial charge on any atom is 0.222 e. The lowest BCUT2D eigenvalue weighted by Gasteiger charge is -2.39. The summed E-state index contributed by atoms with van der Waals surface area (Å²) in [4.78, 5) is 14.5. The van der Waals surface area contributed by atoms with Crippen molar-refractivity contribution in [2.24, 2.45) is 5.92 Å². The molecule has 2 heterocycles. The fraction of sp³-hybridized carbons (Fsp3) is 0.364. The molecule has 5 nitrogen and oxygen atoms in total. The zero-order valence-corrected chi connectivity index (χ0v) is 15.4. The Labute approximate surface area is 159 Å². The number of hydrogen-bond acceptors (Lipinski definition) is 4. The zero-order valence-electron chi connectivity index (χ0n) is 15.4. The van der Waals surface area contributed by atoms with Gasteiger partial charge in [0, 0.05) is 24.6 Å². The van der Waals surface area contributed by atoms with Crippen molar-refractivity contribution in [3.63, 3.8) is 0 Å². The summed E-state index contributed by atoms with van der Waals surface area (Å²) in [6.07, 6.45) is 1.38. The van der Waals surface area contributed by atoms with Crippen LogP contribution in [0.4, 0.5) is 5.69 Å². The van der Waals surface area contributed by atoms with Crippen LogP contribution in [0.5, 0.6) is 0 Å². The summed E-state index contributed by atoms with van der Waals surface area (Å²) in [6, 6.07) is 15.9. The number of aliphatic hydroxyl groups is 1. The molecular weight excluding hydrogens is 338 g/mol. The van der Waals surface area contributed by atoms with Gasteiger partial charge in [-0.3, -0.25) is 4.79 Å². The van der Waals surface area contributed by atoms with Gasteiger partial charge >= 0.3 is 0 Å². The number of rotatable bonds is 3. The first kappa shape index (κ1) is 17.6. The van der Waals surface area contributed by atoms with E-state index in [-0.39, 0.29) is 30.5 Å². The van der Waals surface area contributed by atoms with Crippen LogP contribution in [-0.2, 0) is 4.79 Å². The number of nitriles is 1. The molecule has 0 bridgehead atoms. The van der Waals surface area contributed by atoms with Crippen LogP contribution >= 0.6 is 0 Å². The summed E-state index contributed by atoms with van der Waals surface area (Å²) >= 11 is 0. The third kappa shape index (κ3) is 2.96. The average molecular weight is 361 g/mol. The molecule has 0 radical (unpaired) electrons. The molecule has 5 heteroatoms. The number of anilines is 1. The standard InChI is InChI=1S/C22H23N3O2/c1-2-21(27)25-9-8-17-20(13-26)24-19-7-6-16(11-18(19)22(17)25)15-5-3-4-14(10-15)12-23/h3-7,10-11,17,20,22,24,26H,2,8-9,13H2,1H3/t17-,20-,22-/m1/s1. The normalized spacial score (nSPS) is 23.1. The molecule has 1 fully saturated rings. The van der Waals surface area contributed by atoms with E-state index in [9.17, 15) is 15.2 Å². The van der Waals surface area contributed by atoms with Gasteiger partial charge in [-0.05, 0) is 47.4 Å². The van der Waals surface area contributed by atoms with Crippen molar-refractivity contribution in [1.82, 2.24) is 4.90 Å². The van der Waals surface area contributed by atoms with Gasteiger partial charge < -0.3 is 15.3 Å². The predicted molar refractivity (Wildman–Crippen MR) is 104 cm³/mol. The van der Waals surface area contributed by atoms with E-state index in [0.717, 1.165) is 35.3 Å². The van der Waals surface area contributed by atoms with E-state index in [1.54, 1.807) is 6.07 Å². The van der Waals surface area contributed by atoms with Gasteiger partial charge in [-0.2, -0.15) is 5.26 Å². The molecule has 0 unspecified atom stereocenters. The minimum absolute atomic E-state index is 0.00931. The molecule has 2 aliphatic rings. The maximum atomic E-state index is 12.5. The van der Waals surface area contributed by atoms with Gasteiger partial charge in [0.25, 0.3) is 0 Å². The third-order valence-electron chi connectivity index (χ3n) is 5.82. The number of nitrogens with one attached hydrogen (secondary N) is 1. The van der Waals surface area contributed by atoms with E-state index >= 15 is 0 Å². The summed E-state index contributed by atoms with van der Waals surface area (Å²) in [5.41, 5.74) is 4.73. The van der Waals surface area contributed by atoms with E-state index < -0.39 is 0 Å². The molecule has 0 saturated carbocycles. The molecule has 1 amide bonds. The van der Waals surface area contributed by atoms with E-state index in [1.165, 1.54) is 0 Å². The van der Waals surface area contributed by atoms with E-state index in [2.05, 4.69) is 17.5 Å². The fourth-order valence-corrected chi connectivity index (χ4v) is 4.49. The number of fused-ring (bicyclic) bond motifs is 3. The number of likely N-dealkylation sites (tertiary alicyclic amines) is 1. The van der Waals surface area contributed by atoms with Crippen LogP contribution < -0.4 is 5.32 Å². The number of benzene rings is 2. The Morgan fingerprint density at radius 1 is 1.30 bits per heavy atom. The summed E-state index contributed by atoms with van der Waals surface area (Å²) < 4.78 is 0. The SMILES string of the molecule is CCC(=O)N1CC[C@@H]2[C@@H](CO)Nc3ccc(-c4cccc(C#N)c4)cc3[C@@H]21. The predicted octanol–water partition coefficient (Wildman–Crippen LogP) is 3.31. The quantitative estimate of drug-likeness (QED) is 0.879. The van der Waals surface area contributed by atoms with E-state index in [0.29, 0.717) is 12.0 Å². The number of carbonyl (C=O) groups excluding carboxylic acids is 1. The van der Waals surface area contributed by atoms with E-state index in [1.807, 2.05) is 42.2 Å². The topological polar surface area (TPSA) is 76.4 Å². The van der Waals surface area contributed by atoms with Gasteiger partial charge in [0.2, 0.25) is 5.91 Å². The lowest BCUT2D eigenvalue weighted by molar-refractivity contribution is -0.132. The molecule has 2 N–H and O–H groups in total. The molecule has 138 valence electrons. The number of amides is 1. The van der Waals surface area contributed by atoms with Crippen molar-refractivity contribution in [2.45, 2.75) is 31.8 Å². The minimum Gasteiger partial charge on any atom is -0.394 e. The van der Waals surface area contributed by atoms with Crippen molar-refractivity contribution in [3.05, 3.63) is 53.6 Å². The van der Waals surface area contributed by atoms with Crippen molar-refractivity contribution in [2.75, 3.05) is 18.5 Å². The first-order valence-electron chi connectivity index (χ1n) is 9.47. The lowest BCUT2D eigenvalue weighted by atomic mass is 9.82. The number of hydrogen-bond donors (Lipinski definition) is 2. The Morgan fingerprint density at radius 3 is 2.85 bits per heavy atom. The van der Waals surface area contributed by atoms with Crippen molar-refractivity contribution >= 4 is 11.6 Å². The van der Waals surface area contributed by atoms with Crippen LogP contribution in [0, 0.1) is 17.2 Å². The van der Waals surface area contributed by atoms with Gasteiger partial charge in [-0.1, -0.05) is 25.1 Å². The van der Waals surface area contributed by atoms with Crippen LogP contribution in [0.25, 0.3) is 11.1 Å². The number of aliphatic hydroxyl groups excluding tert-OH is 1. The van der Waals surface area contributed by atoms with Crippen LogP contribution in [0.3, 0.4) is 0 Å². The smallest absolute Gasteiger partial charge is 0.222 e. The molecule has 2 aromatic rings. The second-order valence-electron chi connectivity index (χ2n) is 7.27. The summed E-state index contributed by atoms with van der Waals surface area (Å²) in [6.45, 7) is 2.68. The van der Waals surface area contributed by atoms with Gasteiger partial charge in [0.1, 0.15) is 0 Å². The Bertz CT molecular complexity index is 918. The van der Waals surface area contributed by atoms with Crippen molar-refractivity contribution < 1.29 is 9.90 Å². The Hall–Kier alpha value is -2.84. The molecule has 0 spiro atoms. The Balaban J connectivity index is 1.80. The molecule has 0 aliphatic carbocycles. The first-order valence-corrected chi connectivity index (χ1v) is 9.47. The molecule has 3 atom stereocenters. The highest BCUT2D eigenvalue weighted by Gasteiger charge is 2.45. The van der Waals surface area contributed by atoms with E-state index in [4.69, 9.17) is 0 Å². The zero-order chi connectivity index (χ0) is 19.0. The average Bonchev–Trinajstić information content (AvgIpc) is 3.17.